The fourth-order valence-corrected chi connectivity index (χ4v) is 10.3. The third kappa shape index (κ3) is 4.23. The summed E-state index contributed by atoms with van der Waals surface area (Å²) in [5.41, 5.74) is 4.11. The minimum absolute atomic E-state index is 0.212. The molecule has 0 amide bonds. The second-order valence-corrected chi connectivity index (χ2v) is 14.6. The lowest BCUT2D eigenvalue weighted by molar-refractivity contribution is -0.115. The van der Waals surface area contributed by atoms with E-state index in [9.17, 15) is 13.2 Å². The number of ketones is 1. The van der Waals surface area contributed by atoms with E-state index in [0.717, 1.165) is 44.9 Å². The number of carbonyl (C=O) groups excluding carboxylic acids is 1. The molecule has 3 fully saturated rings. The van der Waals surface area contributed by atoms with Gasteiger partial charge in [-0.05, 0) is 104 Å². The molecule has 0 aromatic carbocycles. The van der Waals surface area contributed by atoms with Crippen molar-refractivity contribution in [1.29, 1.82) is 0 Å². The van der Waals surface area contributed by atoms with Crippen LogP contribution >= 0.6 is 0 Å². The van der Waals surface area contributed by atoms with Gasteiger partial charge < -0.3 is 0 Å². The first-order chi connectivity index (χ1) is 15.6. The molecule has 7 atom stereocenters. The molecule has 4 aliphatic carbocycles. The molecule has 0 aromatic heterocycles. The first kappa shape index (κ1) is 23.6. The second-order valence-electron chi connectivity index (χ2n) is 12.5. The zero-order chi connectivity index (χ0) is 23.5. The number of sulfone groups is 1. The summed E-state index contributed by atoms with van der Waals surface area (Å²) in [6.45, 7) is 9.24. The van der Waals surface area contributed by atoms with Crippen LogP contribution in [0, 0.1) is 40.9 Å². The highest BCUT2D eigenvalue weighted by molar-refractivity contribution is 7.92. The van der Waals surface area contributed by atoms with Gasteiger partial charge in [0.2, 0.25) is 0 Å². The van der Waals surface area contributed by atoms with Crippen molar-refractivity contribution < 1.29 is 13.2 Å². The minimum Gasteiger partial charge on any atom is -0.295 e. The van der Waals surface area contributed by atoms with Crippen LogP contribution in [0.2, 0.25) is 0 Å². The van der Waals surface area contributed by atoms with E-state index in [2.05, 4.69) is 39.8 Å². The van der Waals surface area contributed by atoms with E-state index < -0.39 is 9.84 Å². The Kier molecular flexibility index (Phi) is 6.07. The first-order valence-electron chi connectivity index (χ1n) is 13.5. The van der Waals surface area contributed by atoms with E-state index >= 15 is 0 Å². The molecule has 5 rings (SSSR count). The smallest absolute Gasteiger partial charge is 0.164 e. The molecule has 0 N–H and O–H groups in total. The standard InChI is InChI=1S/C29H42O3S/c1-18-14-20(3)24-17-33(31,32)28(23(24)15-18)16-22-6-5-13-29(4)25(10-11-26(22)29)19(2)7-12-27(30)21-8-9-21/h7,12,16,18-21,25-26,28H,5-6,8-11,13-15,17H2,1-4H3/b12-7+,22-16+/t18-,19+,20-,25?,26-,28?,29+/m0/s1. The molecule has 0 saturated heterocycles. The highest BCUT2D eigenvalue weighted by atomic mass is 32.2. The van der Waals surface area contributed by atoms with Gasteiger partial charge in [0, 0.05) is 5.92 Å². The molecule has 4 heteroatoms. The average molecular weight is 471 g/mol. The van der Waals surface area contributed by atoms with Crippen molar-refractivity contribution in [3.63, 3.8) is 0 Å². The lowest BCUT2D eigenvalue weighted by Gasteiger charge is -2.44. The molecule has 1 heterocycles. The Hall–Kier alpha value is -1.16. The van der Waals surface area contributed by atoms with E-state index in [0.29, 0.717) is 41.3 Å². The van der Waals surface area contributed by atoms with Gasteiger partial charge >= 0.3 is 0 Å². The largest absolute Gasteiger partial charge is 0.295 e. The van der Waals surface area contributed by atoms with Crippen LogP contribution in [0.25, 0.3) is 0 Å². The second kappa shape index (κ2) is 8.50. The van der Waals surface area contributed by atoms with Crippen LogP contribution in [0.3, 0.4) is 0 Å². The van der Waals surface area contributed by atoms with Gasteiger partial charge in [-0.2, -0.15) is 0 Å². The molecule has 0 aromatic rings. The highest BCUT2D eigenvalue weighted by Crippen LogP contribution is 2.60. The van der Waals surface area contributed by atoms with Crippen LogP contribution in [-0.2, 0) is 14.6 Å². The SMILES string of the molecule is C[C@@H]1CC2=C(CS(=O)(=O)C2/C=C2\CCC[C@]3(C)C([C@H](C)/C=C/C(=O)C4CC4)CC[C@@H]23)[C@@H](C)C1. The Balaban J connectivity index is 1.40. The predicted octanol–water partition coefficient (Wildman–Crippen LogP) is 6.46. The van der Waals surface area contributed by atoms with Crippen LogP contribution in [0.5, 0.6) is 0 Å². The number of allylic oxidation sites excluding steroid dienone is 3. The lowest BCUT2D eigenvalue weighted by Crippen LogP contribution is -2.36. The fraction of sp³-hybridized carbons (Fsp3) is 0.759. The predicted molar refractivity (Wildman–Crippen MR) is 134 cm³/mol. The van der Waals surface area contributed by atoms with E-state index in [1.807, 2.05) is 6.08 Å². The van der Waals surface area contributed by atoms with Crippen molar-refractivity contribution in [2.45, 2.75) is 90.7 Å². The van der Waals surface area contributed by atoms with Crippen LogP contribution < -0.4 is 0 Å². The summed E-state index contributed by atoms with van der Waals surface area (Å²) in [4.78, 5) is 12.2. The van der Waals surface area contributed by atoms with E-state index in [1.165, 1.54) is 29.6 Å². The molecular weight excluding hydrogens is 428 g/mol. The van der Waals surface area contributed by atoms with Crippen molar-refractivity contribution in [2.75, 3.05) is 5.75 Å². The number of fused-ring (bicyclic) bond motifs is 1. The third-order valence-electron chi connectivity index (χ3n) is 10.0. The summed E-state index contributed by atoms with van der Waals surface area (Å²) >= 11 is 0. The van der Waals surface area contributed by atoms with Crippen molar-refractivity contribution in [3.8, 4) is 0 Å². The Morgan fingerprint density at radius 1 is 1.12 bits per heavy atom. The highest BCUT2D eigenvalue weighted by Gasteiger charge is 2.51. The minimum atomic E-state index is -3.12. The molecule has 1 aliphatic heterocycles. The summed E-state index contributed by atoms with van der Waals surface area (Å²) in [6, 6.07) is 0. The summed E-state index contributed by atoms with van der Waals surface area (Å²) in [7, 11) is -3.12. The number of carbonyl (C=O) groups is 1. The Morgan fingerprint density at radius 3 is 2.61 bits per heavy atom. The topological polar surface area (TPSA) is 51.2 Å². The number of rotatable bonds is 5. The zero-order valence-corrected chi connectivity index (χ0v) is 21.8. The van der Waals surface area contributed by atoms with E-state index in [1.54, 1.807) is 0 Å². The van der Waals surface area contributed by atoms with Crippen LogP contribution in [0.1, 0.15) is 85.5 Å². The number of hydrogen-bond donors (Lipinski definition) is 0. The molecule has 0 spiro atoms. The van der Waals surface area contributed by atoms with Gasteiger partial charge in [-0.1, -0.05) is 51.0 Å². The monoisotopic (exact) mass is 470 g/mol. The molecule has 0 bridgehead atoms. The van der Waals surface area contributed by atoms with Crippen molar-refractivity contribution >= 4 is 15.6 Å². The van der Waals surface area contributed by atoms with Crippen molar-refractivity contribution in [3.05, 3.63) is 34.9 Å². The van der Waals surface area contributed by atoms with Crippen LogP contribution in [0.4, 0.5) is 0 Å². The maximum absolute atomic E-state index is 13.3. The Labute approximate surface area is 201 Å². The summed E-state index contributed by atoms with van der Waals surface area (Å²) in [5.74, 6) is 3.33. The van der Waals surface area contributed by atoms with Gasteiger partial charge in [0.05, 0.1) is 5.75 Å². The van der Waals surface area contributed by atoms with Gasteiger partial charge in [-0.15, -0.1) is 0 Å². The van der Waals surface area contributed by atoms with Gasteiger partial charge in [0.1, 0.15) is 5.25 Å². The maximum Gasteiger partial charge on any atom is 0.164 e. The van der Waals surface area contributed by atoms with Crippen LogP contribution in [0.15, 0.2) is 34.9 Å². The summed E-state index contributed by atoms with van der Waals surface area (Å²) in [5, 5.41) is -0.373. The quantitative estimate of drug-likeness (QED) is 0.342. The summed E-state index contributed by atoms with van der Waals surface area (Å²) < 4.78 is 26.6. The molecule has 33 heavy (non-hydrogen) atoms. The van der Waals surface area contributed by atoms with Crippen LogP contribution in [-0.4, -0.2) is 25.2 Å². The lowest BCUT2D eigenvalue weighted by atomic mass is 9.61. The van der Waals surface area contributed by atoms with Gasteiger partial charge in [0.15, 0.2) is 15.6 Å². The molecule has 5 aliphatic rings. The van der Waals surface area contributed by atoms with Gasteiger partial charge in [-0.3, -0.25) is 4.79 Å². The number of hydrogen-bond acceptors (Lipinski definition) is 3. The van der Waals surface area contributed by atoms with Crippen molar-refractivity contribution in [1.82, 2.24) is 0 Å². The normalized spacial score (nSPS) is 42.5. The fourth-order valence-electron chi connectivity index (χ4n) is 8.14. The van der Waals surface area contributed by atoms with Gasteiger partial charge in [0.25, 0.3) is 0 Å². The first-order valence-corrected chi connectivity index (χ1v) is 15.2. The Morgan fingerprint density at radius 2 is 1.88 bits per heavy atom. The average Bonchev–Trinajstić information content (AvgIpc) is 3.48. The van der Waals surface area contributed by atoms with E-state index in [4.69, 9.17) is 0 Å². The molecule has 182 valence electrons. The molecule has 3 nitrogen and oxygen atoms in total. The van der Waals surface area contributed by atoms with Crippen molar-refractivity contribution in [2.24, 2.45) is 40.9 Å². The molecule has 3 saturated carbocycles. The molecular formula is C29H42O3S. The van der Waals surface area contributed by atoms with E-state index in [-0.39, 0.29) is 16.4 Å². The summed E-state index contributed by atoms with van der Waals surface area (Å²) in [6.07, 6.45) is 16.2. The maximum atomic E-state index is 13.3. The Bertz CT molecular complexity index is 1010. The van der Waals surface area contributed by atoms with Gasteiger partial charge in [-0.25, -0.2) is 8.42 Å². The third-order valence-corrected chi connectivity index (χ3v) is 11.9. The molecule has 2 unspecified atom stereocenters. The zero-order valence-electron chi connectivity index (χ0n) is 21.0. The molecule has 0 radical (unpaired) electrons.